The smallest absolute Gasteiger partial charge is 0.338 e. The summed E-state index contributed by atoms with van der Waals surface area (Å²) >= 11 is 0. The summed E-state index contributed by atoms with van der Waals surface area (Å²) in [6.45, 7) is 2.43. The molecular formula is C23H29F2N5O2. The van der Waals surface area contributed by atoms with Crippen molar-refractivity contribution < 1.29 is 18.7 Å². The number of hydrogen-bond donors (Lipinski definition) is 2. The highest BCUT2D eigenvalue weighted by Gasteiger charge is 2.56. The lowest BCUT2D eigenvalue weighted by Crippen LogP contribution is -1.99. The molecule has 0 amide bonds. The van der Waals surface area contributed by atoms with E-state index in [-0.39, 0.29) is 11.3 Å². The average molecular weight is 446 g/mol. The van der Waals surface area contributed by atoms with Crippen LogP contribution in [0, 0.1) is 11.3 Å². The zero-order valence-electron chi connectivity index (χ0n) is 18.4. The standard InChI is InChI=1S/C13H17N.C5H6F2N2.C5H6N2O2/c1-13(6-7-13)11-8-10(11)9-4-2-3-5-12(9)14;1-9-3-2-4(8-9)5(6)7;1-7-3-4(2-6-7)5(8)9/h2-5,10-11H,6-8,14H2,1H3;2-3,5H,1H3;2-3H,1H3,(H,8,9). The Bertz CT molecular complexity index is 1060. The van der Waals surface area contributed by atoms with Crippen molar-refractivity contribution in [2.75, 3.05) is 5.73 Å². The lowest BCUT2D eigenvalue weighted by Gasteiger charge is -2.08. The number of anilines is 1. The van der Waals surface area contributed by atoms with Crippen LogP contribution >= 0.6 is 0 Å². The van der Waals surface area contributed by atoms with Crippen molar-refractivity contribution in [2.24, 2.45) is 25.4 Å². The van der Waals surface area contributed by atoms with Crippen LogP contribution in [-0.4, -0.2) is 30.6 Å². The molecule has 0 spiro atoms. The Hall–Kier alpha value is -3.23. The van der Waals surface area contributed by atoms with Crippen LogP contribution in [-0.2, 0) is 14.1 Å². The number of nitrogen functional groups attached to an aromatic ring is 1. The topological polar surface area (TPSA) is 99.0 Å². The predicted octanol–water partition coefficient (Wildman–Crippen LogP) is 4.65. The van der Waals surface area contributed by atoms with E-state index in [1.165, 1.54) is 58.8 Å². The molecule has 2 atom stereocenters. The minimum Gasteiger partial charge on any atom is -0.478 e. The molecule has 2 saturated carbocycles. The van der Waals surface area contributed by atoms with E-state index in [2.05, 4.69) is 29.3 Å². The van der Waals surface area contributed by atoms with Crippen molar-refractivity contribution in [3.05, 3.63) is 65.7 Å². The molecule has 0 saturated heterocycles. The normalized spacial score (nSPS) is 19.9. The third kappa shape index (κ3) is 5.93. The zero-order chi connectivity index (χ0) is 23.5. The summed E-state index contributed by atoms with van der Waals surface area (Å²) in [6.07, 6.45) is 6.02. The number of aryl methyl sites for hydroxylation is 2. The van der Waals surface area contributed by atoms with Crippen molar-refractivity contribution in [3.63, 3.8) is 0 Å². The Morgan fingerprint density at radius 2 is 1.91 bits per heavy atom. The highest BCUT2D eigenvalue weighted by molar-refractivity contribution is 5.86. The molecule has 172 valence electrons. The van der Waals surface area contributed by atoms with E-state index in [9.17, 15) is 13.6 Å². The Kier molecular flexibility index (Phi) is 6.96. The van der Waals surface area contributed by atoms with E-state index in [0.29, 0.717) is 5.41 Å². The molecule has 32 heavy (non-hydrogen) atoms. The number of carbonyl (C=O) groups is 1. The van der Waals surface area contributed by atoms with Crippen LogP contribution in [0.3, 0.4) is 0 Å². The summed E-state index contributed by atoms with van der Waals surface area (Å²) in [4.78, 5) is 10.2. The SMILES string of the molecule is CC1(C2CC2c2ccccc2N)CC1.Cn1cc(C(=O)O)cn1.Cn1ccc(C(F)F)n1. The van der Waals surface area contributed by atoms with E-state index >= 15 is 0 Å². The van der Waals surface area contributed by atoms with Crippen molar-refractivity contribution in [3.8, 4) is 0 Å². The molecule has 2 aliphatic carbocycles. The first-order valence-electron chi connectivity index (χ1n) is 10.4. The summed E-state index contributed by atoms with van der Waals surface area (Å²) in [5.74, 6) is 0.749. The first-order valence-corrected chi connectivity index (χ1v) is 10.4. The molecule has 3 aromatic rings. The quantitative estimate of drug-likeness (QED) is 0.570. The minimum absolute atomic E-state index is 0.169. The fourth-order valence-corrected chi connectivity index (χ4v) is 3.81. The third-order valence-corrected chi connectivity index (χ3v) is 6.03. The number of carboxylic acids is 1. The van der Waals surface area contributed by atoms with Gasteiger partial charge >= 0.3 is 5.97 Å². The Balaban J connectivity index is 0.000000142. The van der Waals surface area contributed by atoms with Crippen LogP contribution in [0.25, 0.3) is 0 Å². The molecule has 2 unspecified atom stereocenters. The lowest BCUT2D eigenvalue weighted by molar-refractivity contribution is 0.0696. The first kappa shape index (κ1) is 23.4. The molecule has 5 rings (SSSR count). The maximum absolute atomic E-state index is 11.7. The molecule has 2 fully saturated rings. The second-order valence-electron chi connectivity index (χ2n) is 8.65. The van der Waals surface area contributed by atoms with E-state index in [1.807, 2.05) is 12.1 Å². The fourth-order valence-electron chi connectivity index (χ4n) is 3.81. The number of hydrogen-bond acceptors (Lipinski definition) is 4. The first-order chi connectivity index (χ1) is 15.1. The van der Waals surface area contributed by atoms with Gasteiger partial charge < -0.3 is 10.8 Å². The maximum atomic E-state index is 11.7. The lowest BCUT2D eigenvalue weighted by atomic mass is 9.98. The molecule has 7 nitrogen and oxygen atoms in total. The second kappa shape index (κ2) is 9.50. The highest BCUT2D eigenvalue weighted by atomic mass is 19.3. The number of nitrogens with two attached hydrogens (primary N) is 1. The number of aromatic carboxylic acids is 1. The second-order valence-corrected chi connectivity index (χ2v) is 8.65. The van der Waals surface area contributed by atoms with Gasteiger partial charge in [0.15, 0.2) is 0 Å². The Labute approximate surface area is 185 Å². The summed E-state index contributed by atoms with van der Waals surface area (Å²) < 4.78 is 26.2. The van der Waals surface area contributed by atoms with Crippen LogP contribution in [0.2, 0.25) is 0 Å². The predicted molar refractivity (Wildman–Crippen MR) is 117 cm³/mol. The summed E-state index contributed by atoms with van der Waals surface area (Å²) in [6, 6.07) is 9.65. The van der Waals surface area contributed by atoms with Crippen LogP contribution < -0.4 is 5.73 Å². The molecule has 2 aromatic heterocycles. The average Bonchev–Trinajstić information content (AvgIpc) is 3.60. The van der Waals surface area contributed by atoms with Gasteiger partial charge in [-0.3, -0.25) is 9.36 Å². The molecule has 3 N–H and O–H groups in total. The molecule has 0 bridgehead atoms. The van der Waals surface area contributed by atoms with Gasteiger partial charge in [0.2, 0.25) is 0 Å². The van der Waals surface area contributed by atoms with E-state index in [1.54, 1.807) is 14.1 Å². The monoisotopic (exact) mass is 445 g/mol. The number of benzene rings is 1. The third-order valence-electron chi connectivity index (χ3n) is 6.03. The molecule has 2 aliphatic rings. The van der Waals surface area contributed by atoms with Gasteiger partial charge in [-0.05, 0) is 54.2 Å². The molecule has 2 heterocycles. The number of para-hydroxylation sites is 1. The van der Waals surface area contributed by atoms with Gasteiger partial charge in [0, 0.05) is 32.2 Å². The maximum Gasteiger partial charge on any atom is 0.338 e. The van der Waals surface area contributed by atoms with Gasteiger partial charge in [0.25, 0.3) is 6.43 Å². The van der Waals surface area contributed by atoms with Crippen molar-refractivity contribution in [2.45, 2.75) is 38.5 Å². The Morgan fingerprint density at radius 1 is 1.22 bits per heavy atom. The molecular weight excluding hydrogens is 416 g/mol. The van der Waals surface area contributed by atoms with Crippen LogP contribution in [0.15, 0.2) is 48.9 Å². The number of aromatic nitrogens is 4. The summed E-state index contributed by atoms with van der Waals surface area (Å²) in [5, 5.41) is 15.5. The number of carboxylic acid groups (broad SMARTS) is 1. The van der Waals surface area contributed by atoms with Crippen molar-refractivity contribution in [1.82, 2.24) is 19.6 Å². The van der Waals surface area contributed by atoms with Crippen molar-refractivity contribution >= 4 is 11.7 Å². The molecule has 9 heteroatoms. The zero-order valence-corrected chi connectivity index (χ0v) is 18.4. The van der Waals surface area contributed by atoms with Crippen molar-refractivity contribution in [1.29, 1.82) is 0 Å². The number of alkyl halides is 2. The Morgan fingerprint density at radius 3 is 2.31 bits per heavy atom. The van der Waals surface area contributed by atoms with Gasteiger partial charge in [-0.15, -0.1) is 0 Å². The van der Waals surface area contributed by atoms with Gasteiger partial charge in [0.1, 0.15) is 5.69 Å². The fraction of sp³-hybridized carbons (Fsp3) is 0.435. The molecule has 0 aliphatic heterocycles. The van der Waals surface area contributed by atoms with Crippen LogP contribution in [0.1, 0.15) is 60.1 Å². The van der Waals surface area contributed by atoms with Gasteiger partial charge in [-0.1, -0.05) is 25.1 Å². The van der Waals surface area contributed by atoms with Gasteiger partial charge in [-0.25, -0.2) is 13.6 Å². The van der Waals surface area contributed by atoms with Gasteiger partial charge in [-0.2, -0.15) is 10.2 Å². The number of rotatable bonds is 4. The molecule has 1 aromatic carbocycles. The summed E-state index contributed by atoms with van der Waals surface area (Å²) in [5.41, 5.74) is 9.10. The minimum atomic E-state index is -2.45. The highest BCUT2D eigenvalue weighted by Crippen LogP contribution is 2.67. The van der Waals surface area contributed by atoms with Crippen LogP contribution in [0.5, 0.6) is 0 Å². The van der Waals surface area contributed by atoms with E-state index < -0.39 is 12.4 Å². The van der Waals surface area contributed by atoms with Gasteiger partial charge in [0.05, 0.1) is 11.8 Å². The number of nitrogens with zero attached hydrogens (tertiary/aromatic N) is 4. The van der Waals surface area contributed by atoms with E-state index in [4.69, 9.17) is 10.8 Å². The summed E-state index contributed by atoms with van der Waals surface area (Å²) in [7, 11) is 3.28. The largest absolute Gasteiger partial charge is 0.478 e. The van der Waals surface area contributed by atoms with Crippen LogP contribution in [0.4, 0.5) is 14.5 Å². The van der Waals surface area contributed by atoms with E-state index in [0.717, 1.165) is 17.5 Å². The number of halogens is 2. The molecule has 0 radical (unpaired) electrons.